The van der Waals surface area contributed by atoms with Crippen molar-refractivity contribution in [3.8, 4) is 0 Å². The van der Waals surface area contributed by atoms with E-state index < -0.39 is 0 Å². The SMILES string of the molecule is O=C(Nc1ccc(C(=O)N2CCC(N3CCNCC3)C2)cc1)c1ccccc1. The van der Waals surface area contributed by atoms with Crippen molar-refractivity contribution in [3.63, 3.8) is 0 Å². The molecule has 146 valence electrons. The van der Waals surface area contributed by atoms with Gasteiger partial charge < -0.3 is 15.5 Å². The molecule has 2 aliphatic heterocycles. The Balaban J connectivity index is 1.34. The fraction of sp³-hybridized carbons (Fsp3) is 0.364. The van der Waals surface area contributed by atoms with Gasteiger partial charge in [0.2, 0.25) is 0 Å². The summed E-state index contributed by atoms with van der Waals surface area (Å²) in [4.78, 5) is 29.5. The molecule has 0 aliphatic carbocycles. The number of amides is 2. The molecule has 2 amide bonds. The molecule has 2 aliphatic rings. The molecule has 2 aromatic carbocycles. The van der Waals surface area contributed by atoms with Crippen LogP contribution in [-0.4, -0.2) is 66.9 Å². The summed E-state index contributed by atoms with van der Waals surface area (Å²) in [5, 5.41) is 6.24. The molecular weight excluding hydrogens is 352 g/mol. The number of piperazine rings is 1. The molecule has 0 bridgehead atoms. The fourth-order valence-electron chi connectivity index (χ4n) is 3.94. The van der Waals surface area contributed by atoms with E-state index >= 15 is 0 Å². The molecule has 6 nitrogen and oxygen atoms in total. The van der Waals surface area contributed by atoms with Crippen LogP contribution in [0.2, 0.25) is 0 Å². The van der Waals surface area contributed by atoms with Crippen molar-refractivity contribution in [1.29, 1.82) is 0 Å². The predicted molar refractivity (Wildman–Crippen MR) is 110 cm³/mol. The molecular formula is C22H26N4O2. The maximum atomic E-state index is 12.8. The first-order valence-electron chi connectivity index (χ1n) is 9.91. The van der Waals surface area contributed by atoms with Crippen LogP contribution >= 0.6 is 0 Å². The molecule has 2 heterocycles. The number of carbonyl (C=O) groups excluding carboxylic acids is 2. The second kappa shape index (κ2) is 8.54. The molecule has 0 radical (unpaired) electrons. The molecule has 0 spiro atoms. The van der Waals surface area contributed by atoms with Gasteiger partial charge in [-0.05, 0) is 42.8 Å². The first kappa shape index (κ1) is 18.7. The van der Waals surface area contributed by atoms with Gasteiger partial charge in [-0.15, -0.1) is 0 Å². The Labute approximate surface area is 165 Å². The lowest BCUT2D eigenvalue weighted by atomic mass is 10.1. The quantitative estimate of drug-likeness (QED) is 0.855. The van der Waals surface area contributed by atoms with Crippen LogP contribution in [0.4, 0.5) is 5.69 Å². The number of hydrogen-bond donors (Lipinski definition) is 2. The highest BCUT2D eigenvalue weighted by Gasteiger charge is 2.31. The maximum Gasteiger partial charge on any atom is 0.255 e. The van der Waals surface area contributed by atoms with Crippen LogP contribution in [0.1, 0.15) is 27.1 Å². The van der Waals surface area contributed by atoms with Crippen molar-refractivity contribution < 1.29 is 9.59 Å². The van der Waals surface area contributed by atoms with Crippen molar-refractivity contribution in [2.75, 3.05) is 44.6 Å². The van der Waals surface area contributed by atoms with Crippen LogP contribution in [0.25, 0.3) is 0 Å². The average Bonchev–Trinajstić information content (AvgIpc) is 3.25. The van der Waals surface area contributed by atoms with Crippen LogP contribution in [-0.2, 0) is 0 Å². The van der Waals surface area contributed by atoms with Crippen molar-refractivity contribution in [2.24, 2.45) is 0 Å². The highest BCUT2D eigenvalue weighted by Crippen LogP contribution is 2.20. The van der Waals surface area contributed by atoms with Crippen molar-refractivity contribution in [1.82, 2.24) is 15.1 Å². The number of carbonyl (C=O) groups is 2. The van der Waals surface area contributed by atoms with E-state index in [9.17, 15) is 9.59 Å². The Bertz CT molecular complexity index is 816. The summed E-state index contributed by atoms with van der Waals surface area (Å²) >= 11 is 0. The van der Waals surface area contributed by atoms with E-state index in [4.69, 9.17) is 0 Å². The molecule has 2 N–H and O–H groups in total. The fourth-order valence-corrected chi connectivity index (χ4v) is 3.94. The summed E-state index contributed by atoms with van der Waals surface area (Å²) in [6.07, 6.45) is 1.04. The van der Waals surface area contributed by atoms with Gasteiger partial charge in [0.25, 0.3) is 11.8 Å². The highest BCUT2D eigenvalue weighted by atomic mass is 16.2. The maximum absolute atomic E-state index is 12.8. The third-order valence-electron chi connectivity index (χ3n) is 5.54. The number of anilines is 1. The van der Waals surface area contributed by atoms with E-state index in [1.165, 1.54) is 0 Å². The number of nitrogens with one attached hydrogen (secondary N) is 2. The van der Waals surface area contributed by atoms with Crippen LogP contribution in [0, 0.1) is 0 Å². The number of hydrogen-bond acceptors (Lipinski definition) is 4. The Kier molecular flexibility index (Phi) is 5.69. The van der Waals surface area contributed by atoms with Crippen LogP contribution in [0.5, 0.6) is 0 Å². The van der Waals surface area contributed by atoms with E-state index in [0.29, 0.717) is 22.9 Å². The van der Waals surface area contributed by atoms with Gasteiger partial charge in [-0.1, -0.05) is 18.2 Å². The monoisotopic (exact) mass is 378 g/mol. The zero-order chi connectivity index (χ0) is 19.3. The number of rotatable bonds is 4. The Morgan fingerprint density at radius 1 is 0.893 bits per heavy atom. The normalized spacial score (nSPS) is 20.1. The lowest BCUT2D eigenvalue weighted by molar-refractivity contribution is 0.0773. The second-order valence-electron chi connectivity index (χ2n) is 7.38. The first-order chi connectivity index (χ1) is 13.7. The third kappa shape index (κ3) is 4.24. The smallest absolute Gasteiger partial charge is 0.255 e. The van der Waals surface area contributed by atoms with E-state index in [1.807, 2.05) is 23.1 Å². The molecule has 1 unspecified atom stereocenters. The van der Waals surface area contributed by atoms with Gasteiger partial charge in [-0.2, -0.15) is 0 Å². The summed E-state index contributed by atoms with van der Waals surface area (Å²) in [6, 6.07) is 16.7. The molecule has 0 saturated carbocycles. The molecule has 2 fully saturated rings. The van der Waals surface area contributed by atoms with Crippen molar-refractivity contribution >= 4 is 17.5 Å². The minimum atomic E-state index is -0.155. The lowest BCUT2D eigenvalue weighted by Gasteiger charge is -2.32. The van der Waals surface area contributed by atoms with Gasteiger partial charge >= 0.3 is 0 Å². The summed E-state index contributed by atoms with van der Waals surface area (Å²) in [5.74, 6) is -0.0864. The number of likely N-dealkylation sites (tertiary alicyclic amines) is 1. The van der Waals surface area contributed by atoms with E-state index in [0.717, 1.165) is 45.7 Å². The highest BCUT2D eigenvalue weighted by molar-refractivity contribution is 6.04. The summed E-state index contributed by atoms with van der Waals surface area (Å²) in [7, 11) is 0. The van der Waals surface area contributed by atoms with Gasteiger partial charge in [-0.25, -0.2) is 0 Å². The topological polar surface area (TPSA) is 64.7 Å². The van der Waals surface area contributed by atoms with Gasteiger partial charge in [0.1, 0.15) is 0 Å². The molecule has 2 saturated heterocycles. The average molecular weight is 378 g/mol. The van der Waals surface area contributed by atoms with E-state index in [2.05, 4.69) is 15.5 Å². The number of nitrogens with zero attached hydrogens (tertiary/aromatic N) is 2. The lowest BCUT2D eigenvalue weighted by Crippen LogP contribution is -2.49. The van der Waals surface area contributed by atoms with E-state index in [1.54, 1.807) is 36.4 Å². The molecule has 1 atom stereocenters. The number of benzene rings is 2. The Hall–Kier alpha value is -2.70. The summed E-state index contributed by atoms with van der Waals surface area (Å²) < 4.78 is 0. The molecule has 6 heteroatoms. The van der Waals surface area contributed by atoms with Gasteiger partial charge in [0.05, 0.1) is 0 Å². The first-order valence-corrected chi connectivity index (χ1v) is 9.91. The largest absolute Gasteiger partial charge is 0.337 e. The van der Waals surface area contributed by atoms with Gasteiger partial charge in [0.15, 0.2) is 0 Å². The summed E-state index contributed by atoms with van der Waals surface area (Å²) in [5.41, 5.74) is 1.96. The minimum Gasteiger partial charge on any atom is -0.337 e. The third-order valence-corrected chi connectivity index (χ3v) is 5.54. The molecule has 2 aromatic rings. The Morgan fingerprint density at radius 2 is 1.61 bits per heavy atom. The molecule has 4 rings (SSSR count). The summed E-state index contributed by atoms with van der Waals surface area (Å²) in [6.45, 7) is 5.78. The van der Waals surface area contributed by atoms with Crippen LogP contribution < -0.4 is 10.6 Å². The standard InChI is InChI=1S/C22H26N4O2/c27-21(17-4-2-1-3-5-17)24-19-8-6-18(7-9-19)22(28)26-13-10-20(16-26)25-14-11-23-12-15-25/h1-9,20,23H,10-16H2,(H,24,27). The van der Waals surface area contributed by atoms with E-state index in [-0.39, 0.29) is 11.8 Å². The van der Waals surface area contributed by atoms with Crippen molar-refractivity contribution in [3.05, 3.63) is 65.7 Å². The van der Waals surface area contributed by atoms with Gasteiger partial charge in [-0.3, -0.25) is 14.5 Å². The zero-order valence-electron chi connectivity index (χ0n) is 15.9. The predicted octanol–water partition coefficient (Wildman–Crippen LogP) is 2.06. The van der Waals surface area contributed by atoms with Crippen LogP contribution in [0.15, 0.2) is 54.6 Å². The van der Waals surface area contributed by atoms with Crippen LogP contribution in [0.3, 0.4) is 0 Å². The molecule has 28 heavy (non-hydrogen) atoms. The zero-order valence-corrected chi connectivity index (χ0v) is 15.9. The van der Waals surface area contributed by atoms with Crippen molar-refractivity contribution in [2.45, 2.75) is 12.5 Å². The minimum absolute atomic E-state index is 0.0681. The second-order valence-corrected chi connectivity index (χ2v) is 7.38. The Morgan fingerprint density at radius 3 is 2.32 bits per heavy atom. The van der Waals surface area contributed by atoms with Gasteiger partial charge in [0, 0.05) is 62.1 Å². The molecule has 0 aromatic heterocycles.